The van der Waals surface area contributed by atoms with Crippen LogP contribution >= 0.6 is 11.3 Å². The van der Waals surface area contributed by atoms with E-state index in [0.717, 1.165) is 21.4 Å². The summed E-state index contributed by atoms with van der Waals surface area (Å²) in [7, 11) is 0. The van der Waals surface area contributed by atoms with Crippen LogP contribution in [-0.2, 0) is 11.3 Å². The lowest BCUT2D eigenvalue weighted by Crippen LogP contribution is -2.27. The molecule has 0 saturated heterocycles. The van der Waals surface area contributed by atoms with Gasteiger partial charge in [-0.25, -0.2) is 9.78 Å². The Morgan fingerprint density at radius 2 is 2.04 bits per heavy atom. The number of carbonyl (C=O) groups excluding carboxylic acids is 1. The highest BCUT2D eigenvalue weighted by Crippen LogP contribution is 2.36. The number of aliphatic hydroxyl groups is 1. The van der Waals surface area contributed by atoms with Crippen LogP contribution in [0.25, 0.3) is 21.3 Å². The molecule has 1 aromatic heterocycles. The summed E-state index contributed by atoms with van der Waals surface area (Å²) in [5, 5.41) is 21.8. The second-order valence-electron chi connectivity index (χ2n) is 6.99. The van der Waals surface area contributed by atoms with Crippen molar-refractivity contribution in [2.45, 2.75) is 33.0 Å². The zero-order valence-corrected chi connectivity index (χ0v) is 16.1. The smallest absolute Gasteiger partial charge is 0.413 e. The van der Waals surface area contributed by atoms with Gasteiger partial charge in [-0.3, -0.25) is 16.0 Å². The number of thiazole rings is 1. The summed E-state index contributed by atoms with van der Waals surface area (Å²) < 4.78 is 6.09. The standard InChI is InChI=1S/C19H21N3O4S/c1-19(2,3)26-18(24)21-17-20-16-14(7-11(10-23)8-15(16)27-17)12-5-4-6-13(9-12)22-25/h4-9,22-23,25H,10H2,1-3H3,(H,20,21,24). The first kappa shape index (κ1) is 19.1. The number of aliphatic hydroxyl groups excluding tert-OH is 1. The molecule has 0 unspecified atom stereocenters. The number of hydrogen-bond acceptors (Lipinski definition) is 7. The highest BCUT2D eigenvalue weighted by Gasteiger charge is 2.18. The number of fused-ring (bicyclic) bond motifs is 1. The highest BCUT2D eigenvalue weighted by atomic mass is 32.1. The molecule has 2 aromatic carbocycles. The minimum atomic E-state index is -0.603. The predicted octanol–water partition coefficient (Wildman–Crippen LogP) is 4.60. The molecule has 0 aliphatic carbocycles. The molecule has 0 bridgehead atoms. The van der Waals surface area contributed by atoms with Gasteiger partial charge in [0, 0.05) is 5.56 Å². The number of nitrogens with one attached hydrogen (secondary N) is 2. The van der Waals surface area contributed by atoms with Gasteiger partial charge in [-0.2, -0.15) is 0 Å². The van der Waals surface area contributed by atoms with Crippen molar-refractivity contribution in [3.05, 3.63) is 42.0 Å². The van der Waals surface area contributed by atoms with E-state index in [9.17, 15) is 9.90 Å². The molecule has 0 aliphatic rings. The lowest BCUT2D eigenvalue weighted by atomic mass is 10.0. The van der Waals surface area contributed by atoms with Crippen LogP contribution < -0.4 is 10.8 Å². The zero-order chi connectivity index (χ0) is 19.6. The van der Waals surface area contributed by atoms with Gasteiger partial charge in [0.05, 0.1) is 22.5 Å². The van der Waals surface area contributed by atoms with Gasteiger partial charge in [-0.15, -0.1) is 0 Å². The largest absolute Gasteiger partial charge is 0.444 e. The highest BCUT2D eigenvalue weighted by molar-refractivity contribution is 7.22. The SMILES string of the molecule is CC(C)(C)OC(=O)Nc1nc2c(-c3cccc(NO)c3)cc(CO)cc2s1. The molecule has 0 spiro atoms. The van der Waals surface area contributed by atoms with Gasteiger partial charge < -0.3 is 9.84 Å². The molecule has 4 N–H and O–H groups in total. The summed E-state index contributed by atoms with van der Waals surface area (Å²) in [6, 6.07) is 10.9. The Balaban J connectivity index is 2.03. The average molecular weight is 387 g/mol. The minimum Gasteiger partial charge on any atom is -0.444 e. The molecule has 0 radical (unpaired) electrons. The third-order valence-corrected chi connectivity index (χ3v) is 4.57. The van der Waals surface area contributed by atoms with Crippen molar-refractivity contribution in [3.8, 4) is 11.1 Å². The number of amides is 1. The topological polar surface area (TPSA) is 104 Å². The molecule has 0 aliphatic heterocycles. The molecule has 0 fully saturated rings. The third-order valence-electron chi connectivity index (χ3n) is 3.65. The quantitative estimate of drug-likeness (QED) is 0.488. The van der Waals surface area contributed by atoms with Crippen LogP contribution in [0.4, 0.5) is 15.6 Å². The van der Waals surface area contributed by atoms with Crippen LogP contribution in [0.15, 0.2) is 36.4 Å². The van der Waals surface area contributed by atoms with E-state index >= 15 is 0 Å². The predicted molar refractivity (Wildman–Crippen MR) is 106 cm³/mol. The summed E-state index contributed by atoms with van der Waals surface area (Å²) in [5.41, 5.74) is 5.10. The molecule has 1 amide bonds. The van der Waals surface area contributed by atoms with Crippen molar-refractivity contribution >= 4 is 38.5 Å². The number of hydrogen-bond donors (Lipinski definition) is 4. The van der Waals surface area contributed by atoms with Gasteiger partial charge in [-0.1, -0.05) is 23.5 Å². The van der Waals surface area contributed by atoms with Crippen molar-refractivity contribution in [3.63, 3.8) is 0 Å². The van der Waals surface area contributed by atoms with Gasteiger partial charge in [0.25, 0.3) is 0 Å². The molecule has 1 heterocycles. The molecular weight excluding hydrogens is 366 g/mol. The monoisotopic (exact) mass is 387 g/mol. The fraction of sp³-hybridized carbons (Fsp3) is 0.263. The summed E-state index contributed by atoms with van der Waals surface area (Å²) in [5.74, 6) is 0. The van der Waals surface area contributed by atoms with Crippen LogP contribution in [-0.4, -0.2) is 27.0 Å². The Labute approximate surface area is 160 Å². The molecule has 7 nitrogen and oxygen atoms in total. The van der Waals surface area contributed by atoms with Gasteiger partial charge in [0.1, 0.15) is 5.60 Å². The van der Waals surface area contributed by atoms with Crippen molar-refractivity contribution in [2.75, 3.05) is 10.8 Å². The van der Waals surface area contributed by atoms with Crippen LogP contribution in [0.2, 0.25) is 0 Å². The second kappa shape index (κ2) is 7.51. The van der Waals surface area contributed by atoms with E-state index in [1.165, 1.54) is 11.3 Å². The van der Waals surface area contributed by atoms with E-state index in [0.29, 0.717) is 16.3 Å². The number of benzene rings is 2. The molecule has 0 saturated carbocycles. The first-order valence-electron chi connectivity index (χ1n) is 8.34. The van der Waals surface area contributed by atoms with E-state index < -0.39 is 11.7 Å². The van der Waals surface area contributed by atoms with Gasteiger partial charge in [0.15, 0.2) is 5.13 Å². The maximum atomic E-state index is 12.0. The molecule has 27 heavy (non-hydrogen) atoms. The van der Waals surface area contributed by atoms with E-state index in [1.54, 1.807) is 39.0 Å². The summed E-state index contributed by atoms with van der Waals surface area (Å²) in [4.78, 5) is 16.6. The molecular formula is C19H21N3O4S. The number of aromatic nitrogens is 1. The normalized spacial score (nSPS) is 11.4. The Kier molecular flexibility index (Phi) is 5.31. The molecule has 8 heteroatoms. The summed E-state index contributed by atoms with van der Waals surface area (Å²) in [6.07, 6.45) is -0.572. The average Bonchev–Trinajstić information content (AvgIpc) is 3.01. The number of anilines is 2. The summed E-state index contributed by atoms with van der Waals surface area (Å²) in [6.45, 7) is 5.25. The van der Waals surface area contributed by atoms with Crippen LogP contribution in [0.5, 0.6) is 0 Å². The van der Waals surface area contributed by atoms with Crippen LogP contribution in [0.3, 0.4) is 0 Å². The Morgan fingerprint density at radius 3 is 2.70 bits per heavy atom. The van der Waals surface area contributed by atoms with Crippen LogP contribution in [0, 0.1) is 0 Å². The fourth-order valence-corrected chi connectivity index (χ4v) is 3.54. The summed E-state index contributed by atoms with van der Waals surface area (Å²) >= 11 is 1.30. The number of nitrogens with zero attached hydrogens (tertiary/aromatic N) is 1. The Morgan fingerprint density at radius 1 is 1.26 bits per heavy atom. The van der Waals surface area contributed by atoms with Gasteiger partial charge >= 0.3 is 6.09 Å². The maximum Gasteiger partial charge on any atom is 0.413 e. The number of rotatable bonds is 4. The van der Waals surface area contributed by atoms with Crippen molar-refractivity contribution in [2.24, 2.45) is 0 Å². The van der Waals surface area contributed by atoms with E-state index in [1.807, 2.05) is 18.2 Å². The third kappa shape index (κ3) is 4.54. The van der Waals surface area contributed by atoms with E-state index in [4.69, 9.17) is 9.94 Å². The Bertz CT molecular complexity index is 979. The van der Waals surface area contributed by atoms with Crippen LogP contribution in [0.1, 0.15) is 26.3 Å². The van der Waals surface area contributed by atoms with Gasteiger partial charge in [-0.05, 0) is 56.2 Å². The molecule has 3 aromatic rings. The number of ether oxygens (including phenoxy) is 1. The van der Waals surface area contributed by atoms with E-state index in [2.05, 4.69) is 15.8 Å². The lowest BCUT2D eigenvalue weighted by molar-refractivity contribution is 0.0636. The zero-order valence-electron chi connectivity index (χ0n) is 15.2. The fourth-order valence-electron chi connectivity index (χ4n) is 2.60. The second-order valence-corrected chi connectivity index (χ2v) is 8.02. The molecule has 142 valence electrons. The molecule has 3 rings (SSSR count). The lowest BCUT2D eigenvalue weighted by Gasteiger charge is -2.18. The van der Waals surface area contributed by atoms with Crippen molar-refractivity contribution < 1.29 is 19.8 Å². The van der Waals surface area contributed by atoms with E-state index in [-0.39, 0.29) is 6.61 Å². The van der Waals surface area contributed by atoms with Crippen molar-refractivity contribution in [1.82, 2.24) is 4.98 Å². The minimum absolute atomic E-state index is 0.117. The maximum absolute atomic E-state index is 12.0. The Hall–Kier alpha value is -2.68. The molecule has 0 atom stereocenters. The number of carbonyl (C=O) groups is 1. The van der Waals surface area contributed by atoms with Gasteiger partial charge in [0.2, 0.25) is 0 Å². The first-order valence-corrected chi connectivity index (χ1v) is 9.15. The first-order chi connectivity index (χ1) is 12.8. The van der Waals surface area contributed by atoms with Crippen molar-refractivity contribution in [1.29, 1.82) is 0 Å².